The number of benzene rings is 2. The molecule has 0 fully saturated rings. The van der Waals surface area contributed by atoms with Crippen LogP contribution >= 0.6 is 11.6 Å². The Morgan fingerprint density at radius 2 is 2.00 bits per heavy atom. The molecule has 0 unspecified atom stereocenters. The third-order valence-corrected chi connectivity index (χ3v) is 4.71. The third-order valence-electron chi connectivity index (χ3n) is 4.47. The minimum Gasteiger partial charge on any atom is -0.497 e. The number of carbonyl (C=O) groups is 1. The van der Waals surface area contributed by atoms with Gasteiger partial charge in [-0.05, 0) is 55.3 Å². The van der Waals surface area contributed by atoms with E-state index in [-0.39, 0.29) is 5.91 Å². The summed E-state index contributed by atoms with van der Waals surface area (Å²) in [6, 6.07) is 12.9. The largest absolute Gasteiger partial charge is 0.497 e. The van der Waals surface area contributed by atoms with E-state index < -0.39 is 0 Å². The molecule has 0 spiro atoms. The lowest BCUT2D eigenvalue weighted by atomic mass is 10.1. The Morgan fingerprint density at radius 3 is 2.71 bits per heavy atom. The molecule has 0 aliphatic rings. The van der Waals surface area contributed by atoms with Crippen LogP contribution in [0, 0.1) is 6.92 Å². The van der Waals surface area contributed by atoms with Crippen LogP contribution in [-0.2, 0) is 6.42 Å². The molecule has 0 aliphatic heterocycles. The van der Waals surface area contributed by atoms with Crippen molar-refractivity contribution in [1.29, 1.82) is 0 Å². The van der Waals surface area contributed by atoms with Crippen LogP contribution in [-0.4, -0.2) is 36.5 Å². The van der Waals surface area contributed by atoms with Crippen molar-refractivity contribution in [2.24, 2.45) is 0 Å². The molecule has 3 aromatic rings. The fourth-order valence-electron chi connectivity index (χ4n) is 2.98. The summed E-state index contributed by atoms with van der Waals surface area (Å²) in [5, 5.41) is 7.88. The van der Waals surface area contributed by atoms with Gasteiger partial charge in [-0.3, -0.25) is 4.79 Å². The number of rotatable bonds is 7. The summed E-state index contributed by atoms with van der Waals surface area (Å²) in [6.07, 6.45) is 2.19. The second-order valence-corrected chi connectivity index (χ2v) is 6.66. The van der Waals surface area contributed by atoms with Gasteiger partial charge in [0, 0.05) is 11.6 Å². The maximum absolute atomic E-state index is 12.6. The summed E-state index contributed by atoms with van der Waals surface area (Å²) in [6.45, 7) is 2.32. The van der Waals surface area contributed by atoms with Gasteiger partial charge < -0.3 is 14.8 Å². The topological polar surface area (TPSA) is 65.4 Å². The third kappa shape index (κ3) is 4.28. The predicted octanol–water partition coefficient (Wildman–Crippen LogP) is 3.82. The zero-order valence-electron chi connectivity index (χ0n) is 16.0. The second-order valence-electron chi connectivity index (χ2n) is 6.22. The molecule has 0 bridgehead atoms. The monoisotopic (exact) mass is 399 g/mol. The van der Waals surface area contributed by atoms with Crippen LogP contribution in [0.2, 0.25) is 5.02 Å². The van der Waals surface area contributed by atoms with Crippen molar-refractivity contribution in [3.63, 3.8) is 0 Å². The number of nitrogens with zero attached hydrogens (tertiary/aromatic N) is 2. The first-order valence-electron chi connectivity index (χ1n) is 8.83. The van der Waals surface area contributed by atoms with Crippen LogP contribution in [0.25, 0.3) is 5.69 Å². The van der Waals surface area contributed by atoms with E-state index in [2.05, 4.69) is 10.4 Å². The van der Waals surface area contributed by atoms with E-state index >= 15 is 0 Å². The van der Waals surface area contributed by atoms with Gasteiger partial charge in [-0.25, -0.2) is 4.68 Å². The van der Waals surface area contributed by atoms with E-state index in [4.69, 9.17) is 21.1 Å². The number of ether oxygens (including phenoxy) is 2. The van der Waals surface area contributed by atoms with Gasteiger partial charge in [0.2, 0.25) is 0 Å². The van der Waals surface area contributed by atoms with Crippen LogP contribution < -0.4 is 14.8 Å². The smallest absolute Gasteiger partial charge is 0.254 e. The molecule has 0 saturated heterocycles. The Bertz CT molecular complexity index is 985. The van der Waals surface area contributed by atoms with Gasteiger partial charge in [0.25, 0.3) is 5.91 Å². The lowest BCUT2D eigenvalue weighted by Gasteiger charge is -2.11. The molecule has 1 heterocycles. The Labute approximate surface area is 169 Å². The van der Waals surface area contributed by atoms with Gasteiger partial charge in [0.05, 0.1) is 37.4 Å². The molecule has 1 N–H and O–H groups in total. The lowest BCUT2D eigenvalue weighted by molar-refractivity contribution is 0.0953. The summed E-state index contributed by atoms with van der Waals surface area (Å²) in [7, 11) is 3.24. The van der Waals surface area contributed by atoms with Crippen LogP contribution in [0.1, 0.15) is 21.6 Å². The first-order valence-corrected chi connectivity index (χ1v) is 9.21. The average molecular weight is 400 g/mol. The SMILES string of the molecule is COc1ccc(OC)c(CCNC(=O)c2cnn(-c3cccc(Cl)c3)c2C)c1. The Kier molecular flexibility index (Phi) is 6.21. The van der Waals surface area contributed by atoms with Crippen LogP contribution in [0.15, 0.2) is 48.7 Å². The zero-order chi connectivity index (χ0) is 20.1. The van der Waals surface area contributed by atoms with Crippen molar-refractivity contribution in [2.45, 2.75) is 13.3 Å². The molecule has 6 nitrogen and oxygen atoms in total. The minimum atomic E-state index is -0.173. The van der Waals surface area contributed by atoms with Gasteiger partial charge in [-0.2, -0.15) is 5.10 Å². The first-order chi connectivity index (χ1) is 13.5. The molecule has 0 aliphatic carbocycles. The quantitative estimate of drug-likeness (QED) is 0.655. The zero-order valence-corrected chi connectivity index (χ0v) is 16.8. The summed E-state index contributed by atoms with van der Waals surface area (Å²) in [4.78, 5) is 12.6. The van der Waals surface area contributed by atoms with Gasteiger partial charge in [0.1, 0.15) is 11.5 Å². The standard InChI is InChI=1S/C21H22ClN3O3/c1-14-19(13-24-25(14)17-6-4-5-16(22)12-17)21(26)23-10-9-15-11-18(27-2)7-8-20(15)28-3/h4-8,11-13H,9-10H2,1-3H3,(H,23,26). The summed E-state index contributed by atoms with van der Waals surface area (Å²) in [5.74, 6) is 1.34. The Balaban J connectivity index is 1.68. The van der Waals surface area contributed by atoms with Crippen LogP contribution in [0.5, 0.6) is 11.5 Å². The molecule has 0 radical (unpaired) electrons. The van der Waals surface area contributed by atoms with Crippen molar-refractivity contribution in [2.75, 3.05) is 20.8 Å². The van der Waals surface area contributed by atoms with E-state index in [0.29, 0.717) is 23.6 Å². The maximum atomic E-state index is 12.6. The van der Waals surface area contributed by atoms with E-state index in [1.54, 1.807) is 37.2 Å². The fraction of sp³-hybridized carbons (Fsp3) is 0.238. The highest BCUT2D eigenvalue weighted by atomic mass is 35.5. The number of aromatic nitrogens is 2. The minimum absolute atomic E-state index is 0.173. The number of nitrogens with one attached hydrogen (secondary N) is 1. The number of methoxy groups -OCH3 is 2. The van der Waals surface area contributed by atoms with E-state index in [1.165, 1.54) is 0 Å². The Morgan fingerprint density at radius 1 is 1.18 bits per heavy atom. The fourth-order valence-corrected chi connectivity index (χ4v) is 3.17. The maximum Gasteiger partial charge on any atom is 0.254 e. The molecule has 0 atom stereocenters. The predicted molar refractivity (Wildman–Crippen MR) is 109 cm³/mol. The van der Waals surface area contributed by atoms with Crippen molar-refractivity contribution >= 4 is 17.5 Å². The van der Waals surface area contributed by atoms with Gasteiger partial charge in [-0.1, -0.05) is 17.7 Å². The first kappa shape index (κ1) is 19.8. The molecule has 0 saturated carbocycles. The molecule has 1 aromatic heterocycles. The van der Waals surface area contributed by atoms with Crippen molar-refractivity contribution in [1.82, 2.24) is 15.1 Å². The number of halogens is 1. The van der Waals surface area contributed by atoms with Gasteiger partial charge >= 0.3 is 0 Å². The van der Waals surface area contributed by atoms with Crippen molar-refractivity contribution in [3.8, 4) is 17.2 Å². The molecular formula is C21H22ClN3O3. The van der Waals surface area contributed by atoms with E-state index in [1.807, 2.05) is 37.3 Å². The number of carbonyl (C=O) groups excluding carboxylic acids is 1. The van der Waals surface area contributed by atoms with Crippen LogP contribution in [0.4, 0.5) is 0 Å². The number of hydrogen-bond donors (Lipinski definition) is 1. The number of hydrogen-bond acceptors (Lipinski definition) is 4. The summed E-state index contributed by atoms with van der Waals surface area (Å²) < 4.78 is 12.3. The molecule has 3 rings (SSSR count). The van der Waals surface area contributed by atoms with Crippen LogP contribution in [0.3, 0.4) is 0 Å². The van der Waals surface area contributed by atoms with E-state index in [9.17, 15) is 4.79 Å². The van der Waals surface area contributed by atoms with Crippen molar-refractivity contribution in [3.05, 3.63) is 70.5 Å². The molecule has 1 amide bonds. The van der Waals surface area contributed by atoms with E-state index in [0.717, 1.165) is 28.4 Å². The molecule has 28 heavy (non-hydrogen) atoms. The van der Waals surface area contributed by atoms with Gasteiger partial charge in [-0.15, -0.1) is 0 Å². The highest BCUT2D eigenvalue weighted by Gasteiger charge is 2.15. The van der Waals surface area contributed by atoms with Gasteiger partial charge in [0.15, 0.2) is 0 Å². The Hall–Kier alpha value is -2.99. The summed E-state index contributed by atoms with van der Waals surface area (Å²) in [5.41, 5.74) is 3.05. The molecular weight excluding hydrogens is 378 g/mol. The normalized spacial score (nSPS) is 10.6. The summed E-state index contributed by atoms with van der Waals surface area (Å²) >= 11 is 6.05. The number of amides is 1. The molecule has 2 aromatic carbocycles. The molecule has 7 heteroatoms. The molecule has 146 valence electrons. The lowest BCUT2D eigenvalue weighted by Crippen LogP contribution is -2.26. The highest BCUT2D eigenvalue weighted by molar-refractivity contribution is 6.30. The van der Waals surface area contributed by atoms with Crippen molar-refractivity contribution < 1.29 is 14.3 Å². The highest BCUT2D eigenvalue weighted by Crippen LogP contribution is 2.24. The average Bonchev–Trinajstić information content (AvgIpc) is 3.09. The second kappa shape index (κ2) is 8.80.